The Hall–Kier alpha value is -2.55. The van der Waals surface area contributed by atoms with Crippen LogP contribution < -0.4 is 5.73 Å². The van der Waals surface area contributed by atoms with Gasteiger partial charge in [-0.3, -0.25) is 18.6 Å². The molecule has 0 saturated heterocycles. The lowest BCUT2D eigenvalue weighted by molar-refractivity contribution is -0.161. The van der Waals surface area contributed by atoms with Crippen molar-refractivity contribution in [3.05, 3.63) is 72.9 Å². The molecule has 0 amide bonds. The molecule has 3 N–H and O–H groups in total. The van der Waals surface area contributed by atoms with Crippen molar-refractivity contribution >= 4 is 19.8 Å². The molecule has 0 aromatic rings. The average Bonchev–Trinajstić information content (AvgIpc) is 3.34. The highest BCUT2D eigenvalue weighted by Crippen LogP contribution is 2.43. The predicted molar refractivity (Wildman–Crippen MR) is 293 cm³/mol. The van der Waals surface area contributed by atoms with Crippen LogP contribution >= 0.6 is 7.82 Å². The number of phosphoric acid groups is 1. The summed E-state index contributed by atoms with van der Waals surface area (Å²) in [6, 6.07) is 0. The minimum atomic E-state index is -4.38. The summed E-state index contributed by atoms with van der Waals surface area (Å²) in [7, 11) is -4.38. The zero-order valence-corrected chi connectivity index (χ0v) is 45.4. The van der Waals surface area contributed by atoms with Crippen molar-refractivity contribution in [3.8, 4) is 0 Å². The maximum atomic E-state index is 12.7. The van der Waals surface area contributed by atoms with Crippen LogP contribution in [0.5, 0.6) is 0 Å². The third-order valence-electron chi connectivity index (χ3n) is 12.1. The molecule has 0 aliphatic carbocycles. The summed E-state index contributed by atoms with van der Waals surface area (Å²) < 4.78 is 32.9. The quantitative estimate of drug-likeness (QED) is 0.0264. The second-order valence-corrected chi connectivity index (χ2v) is 20.2. The second kappa shape index (κ2) is 54.8. The Labute approximate surface area is 424 Å². The highest BCUT2D eigenvalue weighted by molar-refractivity contribution is 7.47. The number of phosphoric ester groups is 1. The van der Waals surface area contributed by atoms with Gasteiger partial charge in [0.05, 0.1) is 13.2 Å². The van der Waals surface area contributed by atoms with E-state index in [0.717, 1.165) is 89.9 Å². The number of hydrogen-bond donors (Lipinski definition) is 2. The van der Waals surface area contributed by atoms with Crippen molar-refractivity contribution in [3.63, 3.8) is 0 Å². The number of allylic oxidation sites excluding steroid dienone is 12. The molecule has 9 nitrogen and oxygen atoms in total. The van der Waals surface area contributed by atoms with Gasteiger partial charge in [-0.2, -0.15) is 0 Å². The van der Waals surface area contributed by atoms with Gasteiger partial charge in [0.2, 0.25) is 0 Å². The zero-order valence-electron chi connectivity index (χ0n) is 44.5. The van der Waals surface area contributed by atoms with Crippen LogP contribution in [-0.2, 0) is 32.7 Å². The van der Waals surface area contributed by atoms with Crippen LogP contribution in [0.25, 0.3) is 0 Å². The number of carbonyl (C=O) groups excluding carboxylic acids is 2. The van der Waals surface area contributed by atoms with E-state index in [2.05, 4.69) is 86.8 Å². The summed E-state index contributed by atoms with van der Waals surface area (Å²) in [6.45, 7) is 3.62. The maximum absolute atomic E-state index is 12.7. The molecule has 0 aromatic carbocycles. The average molecular weight is 988 g/mol. The van der Waals surface area contributed by atoms with E-state index in [-0.39, 0.29) is 38.6 Å². The van der Waals surface area contributed by atoms with E-state index in [0.29, 0.717) is 6.42 Å². The lowest BCUT2D eigenvalue weighted by atomic mass is 10.0. The van der Waals surface area contributed by atoms with Gasteiger partial charge in [0, 0.05) is 19.4 Å². The Bertz CT molecular complexity index is 1360. The van der Waals surface area contributed by atoms with Gasteiger partial charge < -0.3 is 20.1 Å². The first-order chi connectivity index (χ1) is 33.8. The number of nitrogens with two attached hydrogens (primary N) is 1. The number of ether oxygens (including phenoxy) is 2. The van der Waals surface area contributed by atoms with Crippen molar-refractivity contribution in [2.75, 3.05) is 26.4 Å². The van der Waals surface area contributed by atoms with Crippen LogP contribution in [0.1, 0.15) is 258 Å². The first kappa shape index (κ1) is 66.5. The molecular weight excluding hydrogens is 882 g/mol. The number of rotatable bonds is 53. The first-order valence-electron chi connectivity index (χ1n) is 28.4. The lowest BCUT2D eigenvalue weighted by Gasteiger charge is -2.19. The molecule has 0 fully saturated rings. The summed E-state index contributed by atoms with van der Waals surface area (Å²) in [5.41, 5.74) is 5.37. The summed E-state index contributed by atoms with van der Waals surface area (Å²) in [6.07, 6.45) is 69.7. The molecule has 0 bridgehead atoms. The van der Waals surface area contributed by atoms with Crippen LogP contribution in [0.4, 0.5) is 0 Å². The van der Waals surface area contributed by atoms with E-state index in [4.69, 9.17) is 24.3 Å². The molecule has 69 heavy (non-hydrogen) atoms. The topological polar surface area (TPSA) is 134 Å². The Kier molecular flexibility index (Phi) is 52.8. The van der Waals surface area contributed by atoms with Crippen molar-refractivity contribution in [2.24, 2.45) is 5.73 Å². The minimum absolute atomic E-state index is 0.0518. The molecule has 10 heteroatoms. The third kappa shape index (κ3) is 54.6. The monoisotopic (exact) mass is 988 g/mol. The normalized spacial score (nSPS) is 13.6. The molecule has 0 spiro atoms. The molecule has 0 aliphatic rings. The van der Waals surface area contributed by atoms with Gasteiger partial charge in [0.25, 0.3) is 0 Å². The van der Waals surface area contributed by atoms with Crippen LogP contribution in [0.2, 0.25) is 0 Å². The molecular formula is C59H106NO8P. The maximum Gasteiger partial charge on any atom is 0.472 e. The van der Waals surface area contributed by atoms with E-state index in [1.165, 1.54) is 135 Å². The Balaban J connectivity index is 3.85. The number of unbranched alkanes of at least 4 members (excludes halogenated alkanes) is 28. The van der Waals surface area contributed by atoms with Crippen LogP contribution in [0.15, 0.2) is 72.9 Å². The standard InChI is InChI=1S/C59H106NO8P/c1-3-5-7-9-11-13-15-17-18-19-20-21-22-23-24-25-26-27-28-29-30-31-32-33-34-35-36-37-38-40-42-44-46-48-50-52-59(62)68-57(56-67-69(63,64)66-54-53-60)55-65-58(61)51-49-47-45-43-41-39-16-14-12-10-8-6-4-2/h5,7,11,13-14,16-18,20-21,23-24,57H,3-4,6,8-10,12,15,19,22,25-56,60H2,1-2H3,(H,63,64)/b7-5-,13-11-,16-14-,18-17-,21-20-,24-23-. The highest BCUT2D eigenvalue weighted by Gasteiger charge is 2.26. The van der Waals surface area contributed by atoms with E-state index >= 15 is 0 Å². The van der Waals surface area contributed by atoms with Crippen LogP contribution in [0, 0.1) is 0 Å². The Morgan fingerprint density at radius 3 is 1.20 bits per heavy atom. The van der Waals surface area contributed by atoms with Crippen molar-refractivity contribution < 1.29 is 37.6 Å². The first-order valence-corrected chi connectivity index (χ1v) is 29.9. The van der Waals surface area contributed by atoms with Crippen LogP contribution in [-0.4, -0.2) is 49.3 Å². The summed E-state index contributed by atoms with van der Waals surface area (Å²) >= 11 is 0. The smallest absolute Gasteiger partial charge is 0.462 e. The van der Waals surface area contributed by atoms with Gasteiger partial charge in [-0.15, -0.1) is 0 Å². The molecule has 2 unspecified atom stereocenters. The second-order valence-electron chi connectivity index (χ2n) is 18.8. The SMILES string of the molecule is CC/C=C\C/C=C\C/C=C\C/C=C\C/C=C\CCCCCCCCCCCCCCCCCCCCCC(=O)OC(COC(=O)CCCCCCC/C=C\CCCCCC)COP(=O)(O)OCCN. The molecule has 0 heterocycles. The van der Waals surface area contributed by atoms with Crippen molar-refractivity contribution in [1.29, 1.82) is 0 Å². The lowest BCUT2D eigenvalue weighted by Crippen LogP contribution is -2.29. The van der Waals surface area contributed by atoms with Gasteiger partial charge in [-0.25, -0.2) is 4.57 Å². The van der Waals surface area contributed by atoms with Gasteiger partial charge in [0.15, 0.2) is 6.10 Å². The fourth-order valence-corrected chi connectivity index (χ4v) is 8.66. The zero-order chi connectivity index (χ0) is 50.2. The highest BCUT2D eigenvalue weighted by atomic mass is 31.2. The molecule has 0 saturated carbocycles. The van der Waals surface area contributed by atoms with Gasteiger partial charge in [0.1, 0.15) is 6.61 Å². The van der Waals surface area contributed by atoms with Gasteiger partial charge in [-0.05, 0) is 83.5 Å². The molecule has 0 aromatic heterocycles. The fourth-order valence-electron chi connectivity index (χ4n) is 7.89. The van der Waals surface area contributed by atoms with E-state index in [1.54, 1.807) is 0 Å². The minimum Gasteiger partial charge on any atom is -0.462 e. The third-order valence-corrected chi connectivity index (χ3v) is 13.1. The number of hydrogen-bond acceptors (Lipinski definition) is 8. The van der Waals surface area contributed by atoms with E-state index < -0.39 is 26.5 Å². The summed E-state index contributed by atoms with van der Waals surface area (Å²) in [4.78, 5) is 35.0. The summed E-state index contributed by atoms with van der Waals surface area (Å²) in [5.74, 6) is -0.832. The molecule has 0 rings (SSSR count). The predicted octanol–water partition coefficient (Wildman–Crippen LogP) is 17.7. The summed E-state index contributed by atoms with van der Waals surface area (Å²) in [5, 5.41) is 0. The molecule has 0 radical (unpaired) electrons. The van der Waals surface area contributed by atoms with Crippen molar-refractivity contribution in [2.45, 2.75) is 264 Å². The van der Waals surface area contributed by atoms with E-state index in [1.807, 2.05) is 0 Å². The molecule has 0 aliphatic heterocycles. The van der Waals surface area contributed by atoms with Gasteiger partial charge >= 0.3 is 19.8 Å². The number of esters is 2. The largest absolute Gasteiger partial charge is 0.472 e. The van der Waals surface area contributed by atoms with Crippen LogP contribution in [0.3, 0.4) is 0 Å². The van der Waals surface area contributed by atoms with Gasteiger partial charge in [-0.1, -0.05) is 234 Å². The molecule has 2 atom stereocenters. The van der Waals surface area contributed by atoms with E-state index in [9.17, 15) is 19.0 Å². The number of carbonyl (C=O) groups is 2. The fraction of sp³-hybridized carbons (Fsp3) is 0.763. The Morgan fingerprint density at radius 2 is 0.797 bits per heavy atom. The Morgan fingerprint density at radius 1 is 0.449 bits per heavy atom. The molecule has 400 valence electrons. The van der Waals surface area contributed by atoms with Crippen molar-refractivity contribution in [1.82, 2.24) is 0 Å².